The molecule has 2 aromatic rings. The number of hydrogen-bond donors (Lipinski definition) is 1. The number of nitrogens with one attached hydrogen (secondary N) is 1. The summed E-state index contributed by atoms with van der Waals surface area (Å²) in [4.78, 5) is 11.7. The monoisotopic (exact) mass is 352 g/mol. The normalized spacial score (nSPS) is 32.0. The first-order chi connectivity index (χ1) is 12.1. The molecular weight excluding hydrogens is 334 g/mol. The van der Waals surface area contributed by atoms with Crippen LogP contribution in [0, 0.1) is 17.8 Å². The van der Waals surface area contributed by atoms with Crippen molar-refractivity contribution in [2.45, 2.75) is 31.2 Å². The minimum Gasteiger partial charge on any atom is -0.545 e. The second kappa shape index (κ2) is 5.50. The van der Waals surface area contributed by atoms with Crippen molar-refractivity contribution in [3.63, 3.8) is 0 Å². The van der Waals surface area contributed by atoms with Crippen LogP contribution in [0.1, 0.15) is 52.7 Å². The minimum absolute atomic E-state index is 0.0574. The maximum absolute atomic E-state index is 11.7. The lowest BCUT2D eigenvalue weighted by atomic mass is 9.67. The number of carboxylic acid groups (broad SMARTS) is 1. The number of carbonyl (C=O) groups is 1. The van der Waals surface area contributed by atoms with E-state index in [0.29, 0.717) is 23.7 Å². The van der Waals surface area contributed by atoms with E-state index < -0.39 is 5.97 Å². The minimum atomic E-state index is -1.12. The molecule has 0 aromatic heterocycles. The number of hydrogen-bond acceptors (Lipinski definition) is 3. The van der Waals surface area contributed by atoms with Crippen molar-refractivity contribution >= 4 is 23.3 Å². The van der Waals surface area contributed by atoms with Gasteiger partial charge in [-0.25, -0.2) is 0 Å². The molecule has 4 heteroatoms. The zero-order valence-electron chi connectivity index (χ0n) is 13.7. The van der Waals surface area contributed by atoms with Crippen LogP contribution in [-0.4, -0.2) is 5.97 Å². The number of carbonyl (C=O) groups excluding carboxylic acids is 1. The third-order valence-electron chi connectivity index (χ3n) is 6.58. The second-order valence-electron chi connectivity index (χ2n) is 7.64. The van der Waals surface area contributed by atoms with Crippen LogP contribution in [0.15, 0.2) is 42.5 Å². The van der Waals surface area contributed by atoms with Gasteiger partial charge in [0.05, 0.1) is 12.0 Å². The SMILES string of the molecule is O=C([O-])c1cccc2c1N[C@@H](c1ccccc1Cl)[C@H]1[C@H]3CC[C@@H](C3)[C@H]21. The van der Waals surface area contributed by atoms with Gasteiger partial charge in [-0.1, -0.05) is 48.0 Å². The molecule has 128 valence electrons. The van der Waals surface area contributed by atoms with Crippen LogP contribution in [0.2, 0.25) is 5.02 Å². The fraction of sp³-hybridized carbons (Fsp3) is 0.381. The summed E-state index contributed by atoms with van der Waals surface area (Å²) in [5.41, 5.74) is 3.23. The fourth-order valence-corrected chi connectivity index (χ4v) is 5.97. The Kier molecular flexibility index (Phi) is 3.36. The maximum atomic E-state index is 11.7. The highest BCUT2D eigenvalue weighted by atomic mass is 35.5. The highest BCUT2D eigenvalue weighted by Gasteiger charge is 2.54. The number of rotatable bonds is 2. The first-order valence-corrected chi connectivity index (χ1v) is 9.38. The van der Waals surface area contributed by atoms with E-state index in [0.717, 1.165) is 21.8 Å². The summed E-state index contributed by atoms with van der Waals surface area (Å²) in [5, 5.41) is 16.0. The quantitative estimate of drug-likeness (QED) is 0.888. The Morgan fingerprint density at radius 3 is 2.60 bits per heavy atom. The Hall–Kier alpha value is -2.00. The van der Waals surface area contributed by atoms with Crippen LogP contribution in [0.5, 0.6) is 0 Å². The average Bonchev–Trinajstić information content (AvgIpc) is 3.23. The molecule has 1 N–H and O–H groups in total. The van der Waals surface area contributed by atoms with E-state index >= 15 is 0 Å². The molecule has 2 saturated carbocycles. The second-order valence-corrected chi connectivity index (χ2v) is 8.04. The maximum Gasteiger partial charge on any atom is 0.0736 e. The van der Waals surface area contributed by atoms with Gasteiger partial charge in [0, 0.05) is 16.3 Å². The predicted molar refractivity (Wildman–Crippen MR) is 95.7 cm³/mol. The molecule has 1 aliphatic heterocycles. The zero-order chi connectivity index (χ0) is 17.1. The van der Waals surface area contributed by atoms with Crippen molar-refractivity contribution in [3.05, 3.63) is 64.2 Å². The topological polar surface area (TPSA) is 52.2 Å². The van der Waals surface area contributed by atoms with E-state index in [1.807, 2.05) is 24.3 Å². The van der Waals surface area contributed by atoms with Crippen molar-refractivity contribution < 1.29 is 9.90 Å². The molecule has 0 unspecified atom stereocenters. The highest BCUT2D eigenvalue weighted by Crippen LogP contribution is 2.64. The van der Waals surface area contributed by atoms with E-state index in [2.05, 4.69) is 17.4 Å². The first kappa shape index (κ1) is 15.3. The van der Waals surface area contributed by atoms with E-state index in [9.17, 15) is 9.90 Å². The molecule has 2 fully saturated rings. The first-order valence-electron chi connectivity index (χ1n) is 9.00. The van der Waals surface area contributed by atoms with Crippen LogP contribution in [0.4, 0.5) is 5.69 Å². The van der Waals surface area contributed by atoms with Crippen LogP contribution in [-0.2, 0) is 0 Å². The predicted octanol–water partition coefficient (Wildman–Crippen LogP) is 4.00. The summed E-state index contributed by atoms with van der Waals surface area (Å²) in [7, 11) is 0. The van der Waals surface area contributed by atoms with Crippen LogP contribution in [0.25, 0.3) is 0 Å². The molecule has 2 aliphatic carbocycles. The standard InChI is InChI=1S/C21H20ClNO2/c22-16-7-2-1-4-13(16)20-18-12-9-8-11(10-12)17(18)14-5-3-6-15(21(24)25)19(14)23-20/h1-7,11-12,17-18,20,23H,8-10H2,(H,24,25)/p-1/t11-,12-,17+,18-,20-/m0/s1. The smallest absolute Gasteiger partial charge is 0.0736 e. The number of benzene rings is 2. The average molecular weight is 353 g/mol. The number of halogens is 1. The van der Waals surface area contributed by atoms with Crippen LogP contribution < -0.4 is 10.4 Å². The molecule has 0 amide bonds. The Labute approximate surface area is 152 Å². The Morgan fingerprint density at radius 2 is 1.80 bits per heavy atom. The van der Waals surface area contributed by atoms with Crippen molar-refractivity contribution in [3.8, 4) is 0 Å². The van der Waals surface area contributed by atoms with Gasteiger partial charge in [0.25, 0.3) is 0 Å². The molecular formula is C21H19ClNO2-. The summed E-state index contributed by atoms with van der Waals surface area (Å²) in [5.74, 6) is 1.10. The van der Waals surface area contributed by atoms with Crippen molar-refractivity contribution in [2.75, 3.05) is 5.32 Å². The summed E-state index contributed by atoms with van der Waals surface area (Å²) >= 11 is 6.51. The highest BCUT2D eigenvalue weighted by molar-refractivity contribution is 6.31. The molecule has 3 nitrogen and oxygen atoms in total. The lowest BCUT2D eigenvalue weighted by Gasteiger charge is -2.44. The summed E-state index contributed by atoms with van der Waals surface area (Å²) in [6.45, 7) is 0. The largest absolute Gasteiger partial charge is 0.545 e. The zero-order valence-corrected chi connectivity index (χ0v) is 14.5. The summed E-state index contributed by atoms with van der Waals surface area (Å²) in [6.07, 6.45) is 3.76. The van der Waals surface area contributed by atoms with Gasteiger partial charge in [0.15, 0.2) is 0 Å². The third kappa shape index (κ3) is 2.15. The van der Waals surface area contributed by atoms with E-state index in [1.165, 1.54) is 19.3 Å². The lowest BCUT2D eigenvalue weighted by molar-refractivity contribution is -0.254. The van der Waals surface area contributed by atoms with Gasteiger partial charge in [-0.3, -0.25) is 0 Å². The van der Waals surface area contributed by atoms with Gasteiger partial charge in [-0.05, 0) is 60.1 Å². The Bertz CT molecular complexity index is 865. The molecule has 1 heterocycles. The summed E-state index contributed by atoms with van der Waals surface area (Å²) in [6, 6.07) is 13.6. The van der Waals surface area contributed by atoms with Crippen molar-refractivity contribution in [1.82, 2.24) is 0 Å². The molecule has 5 atom stereocenters. The number of aromatic carboxylic acids is 1. The Morgan fingerprint density at radius 1 is 1.04 bits per heavy atom. The molecule has 5 rings (SSSR count). The van der Waals surface area contributed by atoms with Gasteiger partial charge in [-0.2, -0.15) is 0 Å². The van der Waals surface area contributed by atoms with Gasteiger partial charge in [0.2, 0.25) is 0 Å². The molecule has 25 heavy (non-hydrogen) atoms. The van der Waals surface area contributed by atoms with Gasteiger partial charge < -0.3 is 15.2 Å². The van der Waals surface area contributed by atoms with Gasteiger partial charge >= 0.3 is 0 Å². The lowest BCUT2D eigenvalue weighted by Crippen LogP contribution is -2.37. The van der Waals surface area contributed by atoms with E-state index in [1.54, 1.807) is 6.07 Å². The van der Waals surface area contributed by atoms with Gasteiger partial charge in [0.1, 0.15) is 0 Å². The van der Waals surface area contributed by atoms with Crippen LogP contribution in [0.3, 0.4) is 0 Å². The van der Waals surface area contributed by atoms with Gasteiger partial charge in [-0.15, -0.1) is 0 Å². The van der Waals surface area contributed by atoms with Crippen molar-refractivity contribution in [1.29, 1.82) is 0 Å². The molecule has 2 bridgehead atoms. The fourth-order valence-electron chi connectivity index (χ4n) is 5.72. The summed E-state index contributed by atoms with van der Waals surface area (Å²) < 4.78 is 0. The molecule has 2 aromatic carbocycles. The van der Waals surface area contributed by atoms with E-state index in [4.69, 9.17) is 11.6 Å². The van der Waals surface area contributed by atoms with E-state index in [-0.39, 0.29) is 11.6 Å². The molecule has 0 saturated heterocycles. The third-order valence-corrected chi connectivity index (χ3v) is 6.93. The number of fused-ring (bicyclic) bond motifs is 7. The number of carboxylic acids is 1. The van der Waals surface area contributed by atoms with Crippen molar-refractivity contribution in [2.24, 2.45) is 17.8 Å². The molecule has 0 spiro atoms. The Balaban J connectivity index is 1.70. The molecule has 3 aliphatic rings. The molecule has 0 radical (unpaired) electrons. The number of anilines is 1. The van der Waals surface area contributed by atoms with Crippen LogP contribution >= 0.6 is 11.6 Å². The number of para-hydroxylation sites is 1.